The lowest BCUT2D eigenvalue weighted by molar-refractivity contribution is -0.139. The van der Waals surface area contributed by atoms with Gasteiger partial charge >= 0.3 is 0 Å². The Labute approximate surface area is 190 Å². The Kier molecular flexibility index (Phi) is 7.30. The highest BCUT2D eigenvalue weighted by Crippen LogP contribution is 2.34. The van der Waals surface area contributed by atoms with Crippen molar-refractivity contribution in [2.24, 2.45) is 5.92 Å². The summed E-state index contributed by atoms with van der Waals surface area (Å²) in [6.07, 6.45) is 5.53. The van der Waals surface area contributed by atoms with Crippen molar-refractivity contribution in [2.45, 2.75) is 51.5 Å². The molecule has 0 bridgehead atoms. The van der Waals surface area contributed by atoms with E-state index in [1.54, 1.807) is 7.11 Å². The van der Waals surface area contributed by atoms with Crippen LogP contribution in [0.15, 0.2) is 12.4 Å². The van der Waals surface area contributed by atoms with Crippen molar-refractivity contribution in [2.75, 3.05) is 58.5 Å². The number of hydrogen-bond acceptors (Lipinski definition) is 6. The molecule has 4 rings (SSSR count). The predicted molar refractivity (Wildman–Crippen MR) is 125 cm³/mol. The lowest BCUT2D eigenvalue weighted by Gasteiger charge is -2.35. The fourth-order valence-corrected chi connectivity index (χ4v) is 4.85. The summed E-state index contributed by atoms with van der Waals surface area (Å²) in [4.78, 5) is 26.9. The van der Waals surface area contributed by atoms with Gasteiger partial charge in [0.1, 0.15) is 5.52 Å². The maximum atomic E-state index is 12.9. The number of nitrogens with zero attached hydrogens (tertiary/aromatic N) is 5. The van der Waals surface area contributed by atoms with E-state index in [0.29, 0.717) is 37.7 Å². The van der Waals surface area contributed by atoms with Crippen LogP contribution in [0, 0.1) is 5.92 Å². The zero-order valence-electron chi connectivity index (χ0n) is 19.9. The molecule has 0 saturated carbocycles. The minimum atomic E-state index is 0.135. The zero-order valence-corrected chi connectivity index (χ0v) is 19.9. The molecule has 2 fully saturated rings. The quantitative estimate of drug-likeness (QED) is 0.654. The molecule has 0 atom stereocenters. The number of aromatic nitrogens is 3. The van der Waals surface area contributed by atoms with Crippen molar-refractivity contribution in [1.82, 2.24) is 19.4 Å². The molecule has 2 aliphatic rings. The number of anilines is 1. The highest BCUT2D eigenvalue weighted by atomic mass is 16.5. The number of fused-ring (bicyclic) bond motifs is 1. The Hall–Kier alpha value is -2.19. The molecule has 8 heteroatoms. The molecule has 2 aromatic rings. The van der Waals surface area contributed by atoms with Crippen molar-refractivity contribution in [3.8, 4) is 0 Å². The summed E-state index contributed by atoms with van der Waals surface area (Å²) in [6.45, 7) is 8.78. The van der Waals surface area contributed by atoms with Gasteiger partial charge in [-0.3, -0.25) is 4.79 Å². The highest BCUT2D eigenvalue weighted by Gasteiger charge is 2.31. The monoisotopic (exact) mass is 443 g/mol. The molecule has 0 radical (unpaired) electrons. The van der Waals surface area contributed by atoms with Gasteiger partial charge < -0.3 is 23.8 Å². The molecule has 0 aliphatic carbocycles. The minimum absolute atomic E-state index is 0.135. The zero-order chi connectivity index (χ0) is 22.7. The summed E-state index contributed by atoms with van der Waals surface area (Å²) in [6, 6.07) is 2.54. The lowest BCUT2D eigenvalue weighted by Crippen LogP contribution is -2.42. The summed E-state index contributed by atoms with van der Waals surface area (Å²) in [5.41, 5.74) is 3.18. The third-order valence-electron chi connectivity index (χ3n) is 6.91. The van der Waals surface area contributed by atoms with Crippen LogP contribution in [0.2, 0.25) is 0 Å². The third-order valence-corrected chi connectivity index (χ3v) is 6.91. The first-order valence-electron chi connectivity index (χ1n) is 11.9. The van der Waals surface area contributed by atoms with Crippen LogP contribution in [0.3, 0.4) is 0 Å². The number of pyridine rings is 1. The van der Waals surface area contributed by atoms with E-state index in [-0.39, 0.29) is 5.92 Å². The predicted octanol–water partition coefficient (Wildman–Crippen LogP) is 3.23. The number of likely N-dealkylation sites (tertiary alicyclic amines) is 1. The number of ether oxygens (including phenoxy) is 2. The van der Waals surface area contributed by atoms with Crippen molar-refractivity contribution in [3.63, 3.8) is 0 Å². The van der Waals surface area contributed by atoms with Crippen LogP contribution in [0.5, 0.6) is 0 Å². The molecule has 176 valence electrons. The molecule has 2 aromatic heterocycles. The molecular formula is C24H37N5O3. The minimum Gasteiger partial charge on any atom is -0.383 e. The first kappa shape index (κ1) is 23.0. The number of rotatable bonds is 7. The van der Waals surface area contributed by atoms with Gasteiger partial charge in [-0.15, -0.1) is 0 Å². The van der Waals surface area contributed by atoms with E-state index in [1.807, 2.05) is 13.4 Å². The Morgan fingerprint density at radius 1 is 1.25 bits per heavy atom. The molecule has 32 heavy (non-hydrogen) atoms. The molecule has 0 N–H and O–H groups in total. The molecule has 0 unspecified atom stereocenters. The first-order valence-corrected chi connectivity index (χ1v) is 11.9. The molecule has 0 spiro atoms. The maximum absolute atomic E-state index is 12.9. The van der Waals surface area contributed by atoms with Crippen molar-refractivity contribution in [3.05, 3.63) is 18.1 Å². The Bertz CT molecular complexity index is 914. The number of hydrogen-bond donors (Lipinski definition) is 0. The van der Waals surface area contributed by atoms with Crippen molar-refractivity contribution in [1.29, 1.82) is 0 Å². The van der Waals surface area contributed by atoms with Crippen LogP contribution >= 0.6 is 0 Å². The summed E-state index contributed by atoms with van der Waals surface area (Å²) in [5, 5.41) is 0. The summed E-state index contributed by atoms with van der Waals surface area (Å²) in [5.74, 6) is 1.71. The topological polar surface area (TPSA) is 72.7 Å². The van der Waals surface area contributed by atoms with E-state index in [4.69, 9.17) is 19.4 Å². The normalized spacial score (nSPS) is 18.6. The van der Waals surface area contributed by atoms with Gasteiger partial charge in [0.25, 0.3) is 0 Å². The molecule has 8 nitrogen and oxygen atoms in total. The van der Waals surface area contributed by atoms with Gasteiger partial charge in [0.2, 0.25) is 5.91 Å². The Morgan fingerprint density at radius 2 is 1.97 bits per heavy atom. The SMILES string of the molecule is COCCN(C)c1nc(C2CCN(C(=O)C3CCOCC3)CC2)cc2c1ncn2C(C)C. The molecule has 2 aliphatic heterocycles. The number of piperidine rings is 1. The van der Waals surface area contributed by atoms with Crippen LogP contribution in [0.1, 0.15) is 57.2 Å². The van der Waals surface area contributed by atoms with Gasteiger partial charge in [0, 0.05) is 70.6 Å². The molecular weight excluding hydrogens is 406 g/mol. The smallest absolute Gasteiger partial charge is 0.225 e. The molecule has 0 aromatic carbocycles. The molecule has 4 heterocycles. The van der Waals surface area contributed by atoms with E-state index in [0.717, 1.165) is 67.9 Å². The van der Waals surface area contributed by atoms with Gasteiger partial charge in [0.15, 0.2) is 5.82 Å². The second-order valence-corrected chi connectivity index (χ2v) is 9.38. The second-order valence-electron chi connectivity index (χ2n) is 9.38. The lowest BCUT2D eigenvalue weighted by atomic mass is 9.91. The van der Waals surface area contributed by atoms with Crippen LogP contribution in [0.25, 0.3) is 11.0 Å². The number of carbonyl (C=O) groups excluding carboxylic acids is 1. The third kappa shape index (κ3) is 4.76. The largest absolute Gasteiger partial charge is 0.383 e. The van der Waals surface area contributed by atoms with Gasteiger partial charge in [-0.25, -0.2) is 9.97 Å². The first-order chi connectivity index (χ1) is 15.5. The van der Waals surface area contributed by atoms with Gasteiger partial charge in [-0.2, -0.15) is 0 Å². The molecule has 2 saturated heterocycles. The van der Waals surface area contributed by atoms with Crippen LogP contribution < -0.4 is 4.90 Å². The number of amides is 1. The summed E-state index contributed by atoms with van der Waals surface area (Å²) in [7, 11) is 3.77. The summed E-state index contributed by atoms with van der Waals surface area (Å²) >= 11 is 0. The fraction of sp³-hybridized carbons (Fsp3) is 0.708. The average Bonchev–Trinajstić information content (AvgIpc) is 3.26. The van der Waals surface area contributed by atoms with E-state index in [1.165, 1.54) is 0 Å². The van der Waals surface area contributed by atoms with E-state index in [9.17, 15) is 4.79 Å². The summed E-state index contributed by atoms with van der Waals surface area (Å²) < 4.78 is 12.9. The van der Waals surface area contributed by atoms with Gasteiger partial charge in [0.05, 0.1) is 18.5 Å². The van der Waals surface area contributed by atoms with Crippen LogP contribution in [0.4, 0.5) is 5.82 Å². The van der Waals surface area contributed by atoms with E-state index >= 15 is 0 Å². The number of imidazole rings is 1. The standard InChI is InChI=1S/C24H37N5O3/c1-17(2)29-16-25-22-21(29)15-20(26-23(22)27(3)11-14-31-4)18-5-9-28(10-6-18)24(30)19-7-12-32-13-8-19/h15-19H,5-14H2,1-4H3. The van der Waals surface area contributed by atoms with Gasteiger partial charge in [-0.05, 0) is 45.6 Å². The van der Waals surface area contributed by atoms with Crippen LogP contribution in [-0.4, -0.2) is 79.0 Å². The Morgan fingerprint density at radius 3 is 2.62 bits per heavy atom. The number of likely N-dealkylation sites (N-methyl/N-ethyl adjacent to an activating group) is 1. The van der Waals surface area contributed by atoms with Crippen LogP contribution in [-0.2, 0) is 14.3 Å². The van der Waals surface area contributed by atoms with E-state index < -0.39 is 0 Å². The highest BCUT2D eigenvalue weighted by molar-refractivity contribution is 5.87. The van der Waals surface area contributed by atoms with E-state index in [2.05, 4.69) is 34.3 Å². The maximum Gasteiger partial charge on any atom is 0.225 e. The Balaban J connectivity index is 1.54. The second kappa shape index (κ2) is 10.2. The van der Waals surface area contributed by atoms with Crippen molar-refractivity contribution < 1.29 is 14.3 Å². The van der Waals surface area contributed by atoms with Gasteiger partial charge in [-0.1, -0.05) is 0 Å². The number of carbonyl (C=O) groups is 1. The average molecular weight is 444 g/mol. The number of methoxy groups -OCH3 is 1. The fourth-order valence-electron chi connectivity index (χ4n) is 4.85. The molecule has 1 amide bonds. The van der Waals surface area contributed by atoms with Crippen molar-refractivity contribution >= 4 is 22.8 Å².